The van der Waals surface area contributed by atoms with Crippen molar-refractivity contribution < 1.29 is 0 Å². The van der Waals surface area contributed by atoms with Crippen LogP contribution in [0.15, 0.2) is 23.3 Å². The van der Waals surface area contributed by atoms with E-state index in [2.05, 4.69) is 39.8 Å². The van der Waals surface area contributed by atoms with Crippen molar-refractivity contribution in [3.8, 4) is 0 Å². The van der Waals surface area contributed by atoms with Crippen LogP contribution in [0.2, 0.25) is 0 Å². The molecule has 0 spiro atoms. The number of fused-ring (bicyclic) bond motifs is 3. The van der Waals surface area contributed by atoms with Crippen molar-refractivity contribution in [1.29, 1.82) is 0 Å². The molecule has 1 saturated carbocycles. The van der Waals surface area contributed by atoms with Gasteiger partial charge >= 0.3 is 0 Å². The number of rotatable bonds is 0. The second kappa shape index (κ2) is 2.59. The smallest absolute Gasteiger partial charge is 0.00439 e. The van der Waals surface area contributed by atoms with Crippen molar-refractivity contribution in [1.82, 2.24) is 0 Å². The van der Waals surface area contributed by atoms with Gasteiger partial charge in [-0.1, -0.05) is 39.8 Å². The maximum atomic E-state index is 2.58. The van der Waals surface area contributed by atoms with Gasteiger partial charge in [-0.15, -0.1) is 0 Å². The Morgan fingerprint density at radius 1 is 1.20 bits per heavy atom. The van der Waals surface area contributed by atoms with E-state index in [1.807, 2.05) is 0 Å². The molecule has 0 radical (unpaired) electrons. The van der Waals surface area contributed by atoms with Gasteiger partial charge in [-0.3, -0.25) is 0 Å². The molecule has 82 valence electrons. The Morgan fingerprint density at radius 3 is 2.67 bits per heavy atom. The Hall–Kier alpha value is -0.520. The normalized spacial score (nSPS) is 46.1. The van der Waals surface area contributed by atoms with Gasteiger partial charge in [0, 0.05) is 0 Å². The minimum Gasteiger partial charge on any atom is -0.0799 e. The first-order valence-electron chi connectivity index (χ1n) is 6.36. The molecule has 3 aliphatic rings. The summed E-state index contributed by atoms with van der Waals surface area (Å²) in [6.45, 7) is 9.69. The molecule has 1 fully saturated rings. The van der Waals surface area contributed by atoms with Gasteiger partial charge in [0.15, 0.2) is 0 Å². The molecule has 0 nitrogen and oxygen atoms in total. The summed E-state index contributed by atoms with van der Waals surface area (Å²) in [4.78, 5) is 0. The average Bonchev–Trinajstić information content (AvgIpc) is 2.59. The lowest BCUT2D eigenvalue weighted by atomic mass is 9.84. The third kappa shape index (κ3) is 1.26. The predicted molar refractivity (Wildman–Crippen MR) is 64.6 cm³/mol. The van der Waals surface area contributed by atoms with E-state index in [-0.39, 0.29) is 0 Å². The molecule has 0 saturated heterocycles. The van der Waals surface area contributed by atoms with Crippen LogP contribution < -0.4 is 0 Å². The lowest BCUT2D eigenvalue weighted by molar-refractivity contribution is 0.388. The van der Waals surface area contributed by atoms with E-state index in [0.717, 1.165) is 11.8 Å². The van der Waals surface area contributed by atoms with Crippen molar-refractivity contribution in [2.75, 3.05) is 0 Å². The van der Waals surface area contributed by atoms with Gasteiger partial charge in [-0.05, 0) is 53.1 Å². The van der Waals surface area contributed by atoms with Crippen LogP contribution in [-0.4, -0.2) is 0 Å². The fraction of sp³-hybridized carbons (Fsp3) is 0.733. The van der Waals surface area contributed by atoms with Crippen LogP contribution in [0.25, 0.3) is 0 Å². The molecule has 15 heavy (non-hydrogen) atoms. The second-order valence-corrected chi connectivity index (χ2v) is 6.87. The Bertz CT molecular complexity index is 369. The van der Waals surface area contributed by atoms with E-state index in [0.29, 0.717) is 10.8 Å². The highest BCUT2D eigenvalue weighted by molar-refractivity contribution is 5.48. The third-order valence-corrected chi connectivity index (χ3v) is 4.86. The van der Waals surface area contributed by atoms with Crippen LogP contribution in [0.5, 0.6) is 0 Å². The maximum Gasteiger partial charge on any atom is -0.00439 e. The van der Waals surface area contributed by atoms with Gasteiger partial charge in [0.1, 0.15) is 0 Å². The summed E-state index contributed by atoms with van der Waals surface area (Å²) in [6.07, 6.45) is 9.20. The zero-order chi connectivity index (χ0) is 10.8. The van der Waals surface area contributed by atoms with Gasteiger partial charge in [0.2, 0.25) is 0 Å². The highest BCUT2D eigenvalue weighted by atomic mass is 14.6. The van der Waals surface area contributed by atoms with E-state index in [1.54, 1.807) is 11.1 Å². The molecule has 3 rings (SSSR count). The summed E-state index contributed by atoms with van der Waals surface area (Å²) in [5.74, 6) is 1.73. The number of hydrogen-bond donors (Lipinski definition) is 0. The molecule has 0 aliphatic heterocycles. The fourth-order valence-electron chi connectivity index (χ4n) is 3.78. The van der Waals surface area contributed by atoms with E-state index < -0.39 is 0 Å². The number of allylic oxidation sites excluding steroid dienone is 4. The van der Waals surface area contributed by atoms with Crippen LogP contribution in [0, 0.1) is 22.7 Å². The van der Waals surface area contributed by atoms with Crippen LogP contribution in [-0.2, 0) is 0 Å². The van der Waals surface area contributed by atoms with Gasteiger partial charge in [0.05, 0.1) is 0 Å². The molecule has 3 atom stereocenters. The molecule has 0 aromatic heterocycles. The molecule has 0 aromatic carbocycles. The molecule has 0 N–H and O–H groups in total. The summed E-state index contributed by atoms with van der Waals surface area (Å²) in [5.41, 5.74) is 4.38. The predicted octanol–water partition coefficient (Wildman–Crippen LogP) is 4.34. The first-order valence-corrected chi connectivity index (χ1v) is 6.36. The summed E-state index contributed by atoms with van der Waals surface area (Å²) in [6, 6.07) is 0. The lowest BCUT2D eigenvalue weighted by Crippen LogP contribution is -2.09. The molecule has 0 aromatic rings. The number of hydrogen-bond acceptors (Lipinski definition) is 0. The topological polar surface area (TPSA) is 0 Å². The zero-order valence-corrected chi connectivity index (χ0v) is 10.4. The Morgan fingerprint density at radius 2 is 1.93 bits per heavy atom. The monoisotopic (exact) mass is 202 g/mol. The van der Waals surface area contributed by atoms with E-state index in [1.165, 1.54) is 19.3 Å². The van der Waals surface area contributed by atoms with Crippen LogP contribution in [0.3, 0.4) is 0 Å². The largest absolute Gasteiger partial charge is 0.0799 e. The molecule has 0 heteroatoms. The van der Waals surface area contributed by atoms with Crippen molar-refractivity contribution in [2.24, 2.45) is 22.7 Å². The summed E-state index contributed by atoms with van der Waals surface area (Å²) < 4.78 is 0. The average molecular weight is 202 g/mol. The lowest BCUT2D eigenvalue weighted by Gasteiger charge is -2.21. The molecular formula is C15H22. The first kappa shape index (κ1) is 9.69. The van der Waals surface area contributed by atoms with Crippen LogP contribution in [0.1, 0.15) is 47.0 Å². The first-order chi connectivity index (χ1) is 6.92. The third-order valence-electron chi connectivity index (χ3n) is 4.86. The Balaban J connectivity index is 2.09. The molecule has 0 bridgehead atoms. The van der Waals surface area contributed by atoms with Crippen molar-refractivity contribution in [3.63, 3.8) is 0 Å². The minimum absolute atomic E-state index is 0.423. The SMILES string of the molecule is C[C@@H]1CC=C2C1=CC(C)(C)C[C@H]1C[C@@]21C. The zero-order valence-electron chi connectivity index (χ0n) is 10.4. The summed E-state index contributed by atoms with van der Waals surface area (Å²) in [7, 11) is 0. The van der Waals surface area contributed by atoms with Crippen LogP contribution in [0.4, 0.5) is 0 Å². The van der Waals surface area contributed by atoms with Crippen molar-refractivity contribution >= 4 is 0 Å². The molecule has 0 amide bonds. The Labute approximate surface area is 93.5 Å². The van der Waals surface area contributed by atoms with E-state index in [4.69, 9.17) is 0 Å². The highest BCUT2D eigenvalue weighted by Crippen LogP contribution is 2.66. The minimum atomic E-state index is 0.423. The standard InChI is InChI=1S/C15H22/c1-10-5-6-13-12(10)9-14(2,3)7-11-8-15(11,13)4/h6,9-11H,5,7-8H2,1-4H3/t10-,11+,15-/m1/s1. The van der Waals surface area contributed by atoms with Gasteiger partial charge in [-0.2, -0.15) is 0 Å². The van der Waals surface area contributed by atoms with Crippen molar-refractivity contribution in [3.05, 3.63) is 23.3 Å². The van der Waals surface area contributed by atoms with Gasteiger partial charge in [0.25, 0.3) is 0 Å². The fourth-order valence-corrected chi connectivity index (χ4v) is 3.78. The van der Waals surface area contributed by atoms with Gasteiger partial charge < -0.3 is 0 Å². The molecule has 3 aliphatic carbocycles. The van der Waals surface area contributed by atoms with E-state index in [9.17, 15) is 0 Å². The van der Waals surface area contributed by atoms with E-state index >= 15 is 0 Å². The highest BCUT2D eigenvalue weighted by Gasteiger charge is 2.56. The maximum absolute atomic E-state index is 2.58. The molecular weight excluding hydrogens is 180 g/mol. The molecule has 0 heterocycles. The molecule has 0 unspecified atom stereocenters. The summed E-state index contributed by atoms with van der Waals surface area (Å²) >= 11 is 0. The van der Waals surface area contributed by atoms with Crippen molar-refractivity contribution in [2.45, 2.75) is 47.0 Å². The second-order valence-electron chi connectivity index (χ2n) is 6.87. The summed E-state index contributed by atoms with van der Waals surface area (Å²) in [5, 5.41) is 0. The van der Waals surface area contributed by atoms with Gasteiger partial charge in [-0.25, -0.2) is 0 Å². The van der Waals surface area contributed by atoms with Crippen LogP contribution >= 0.6 is 0 Å². The quantitative estimate of drug-likeness (QED) is 0.548. The Kier molecular flexibility index (Phi) is 1.67.